The molecule has 1 aliphatic heterocycles. The van der Waals surface area contributed by atoms with Crippen LogP contribution in [0.15, 0.2) is 60.0 Å². The summed E-state index contributed by atoms with van der Waals surface area (Å²) in [6.07, 6.45) is -3.32. The summed E-state index contributed by atoms with van der Waals surface area (Å²) in [6.45, 7) is 19.3. The first-order valence-electron chi connectivity index (χ1n) is 20.6. The molecule has 1 aliphatic rings. The van der Waals surface area contributed by atoms with Crippen molar-refractivity contribution in [2.75, 3.05) is 23.9 Å². The van der Waals surface area contributed by atoms with Crippen molar-refractivity contribution in [3.8, 4) is 27.3 Å². The smallest absolute Gasteiger partial charge is 0.427 e. The average Bonchev–Trinajstić information content (AvgIpc) is 3.82. The monoisotopic (exact) mass is 895 g/mol. The Hall–Kier alpha value is -6.75. The number of imidazole rings is 1. The minimum Gasteiger partial charge on any atom is -0.488 e. The summed E-state index contributed by atoms with van der Waals surface area (Å²) < 4.78 is 29.2. The number of aromatic nitrogens is 2. The van der Waals surface area contributed by atoms with Gasteiger partial charge in [-0.05, 0) is 133 Å². The molecule has 17 heteroatoms. The number of carbonyl (C=O) groups excluding carboxylic acids is 6. The number of methoxy groups -OCH3 is 1. The maximum absolute atomic E-state index is 14.7. The first kappa shape index (κ1) is 46.7. The molecule has 0 bridgehead atoms. The van der Waals surface area contributed by atoms with Crippen LogP contribution in [-0.4, -0.2) is 76.1 Å². The Morgan fingerprint density at radius 1 is 0.781 bits per heavy atom. The lowest BCUT2D eigenvalue weighted by molar-refractivity contribution is 0.0422. The largest absolute Gasteiger partial charge is 0.488 e. The lowest BCUT2D eigenvalue weighted by atomic mass is 9.90. The van der Waals surface area contributed by atoms with Crippen LogP contribution in [0.4, 0.5) is 26.0 Å². The van der Waals surface area contributed by atoms with Crippen molar-refractivity contribution in [2.45, 2.75) is 99.6 Å². The topological polar surface area (TPSA) is 194 Å². The molecular weight excluding hydrogens is 843 g/mol. The first-order valence-corrected chi connectivity index (χ1v) is 21.4. The van der Waals surface area contributed by atoms with Crippen molar-refractivity contribution in [3.63, 3.8) is 0 Å². The third-order valence-electron chi connectivity index (χ3n) is 9.21. The normalized spacial score (nSPS) is 12.4. The van der Waals surface area contributed by atoms with Gasteiger partial charge in [0, 0.05) is 39.4 Å². The summed E-state index contributed by atoms with van der Waals surface area (Å²) in [7, 11) is 1.23. The molecule has 0 aliphatic carbocycles. The minimum absolute atomic E-state index is 0.0380. The van der Waals surface area contributed by atoms with Crippen molar-refractivity contribution in [1.29, 1.82) is 0 Å². The van der Waals surface area contributed by atoms with E-state index in [1.54, 1.807) is 86.6 Å². The van der Waals surface area contributed by atoms with E-state index >= 15 is 0 Å². The zero-order chi connectivity index (χ0) is 47.1. The molecule has 64 heavy (non-hydrogen) atoms. The van der Waals surface area contributed by atoms with Crippen LogP contribution in [0.2, 0.25) is 0 Å². The lowest BCUT2D eigenvalue weighted by Crippen LogP contribution is -2.45. The molecule has 0 radical (unpaired) electrons. The second-order valence-electron chi connectivity index (χ2n) is 18.5. The van der Waals surface area contributed by atoms with Crippen LogP contribution < -0.4 is 20.3 Å². The van der Waals surface area contributed by atoms with Crippen molar-refractivity contribution in [2.24, 2.45) is 5.92 Å². The first-order chi connectivity index (χ1) is 29.8. The van der Waals surface area contributed by atoms with Gasteiger partial charge in [-0.15, -0.1) is 16.2 Å². The Labute approximate surface area is 375 Å². The van der Waals surface area contributed by atoms with Gasteiger partial charge in [-0.2, -0.15) is 0 Å². The Morgan fingerprint density at radius 2 is 1.44 bits per heavy atom. The Bertz CT molecular complexity index is 2650. The SMILES string of the molecule is COC(=O)c1cc(C(=O)NCC(C)C)ccc1-c1cc2c(cc1C(=O)Nc1ccc3nc(N(C(=O)OC(C)(C)C)C(=O)OC(C)(C)C)n(C(=O)OC(C)(C)C)c3c1)-c1sccc1CO2. The molecule has 0 saturated carbocycles. The van der Waals surface area contributed by atoms with Crippen LogP contribution in [0.1, 0.15) is 113 Å². The third-order valence-corrected chi connectivity index (χ3v) is 10.2. The third kappa shape index (κ3) is 10.5. The maximum atomic E-state index is 14.7. The molecule has 0 spiro atoms. The van der Waals surface area contributed by atoms with Crippen molar-refractivity contribution in [3.05, 3.63) is 82.2 Å². The zero-order valence-electron chi connectivity index (χ0n) is 38.0. The highest BCUT2D eigenvalue weighted by molar-refractivity contribution is 7.13. The van der Waals surface area contributed by atoms with Gasteiger partial charge in [-0.25, -0.2) is 28.7 Å². The van der Waals surface area contributed by atoms with Crippen LogP contribution >= 0.6 is 11.3 Å². The van der Waals surface area contributed by atoms with Gasteiger partial charge < -0.3 is 34.3 Å². The van der Waals surface area contributed by atoms with E-state index in [0.29, 0.717) is 40.5 Å². The van der Waals surface area contributed by atoms with E-state index in [-0.39, 0.29) is 45.2 Å². The molecule has 6 rings (SSSR count). The van der Waals surface area contributed by atoms with E-state index < -0.39 is 52.9 Å². The molecule has 2 N–H and O–H groups in total. The highest BCUT2D eigenvalue weighted by atomic mass is 32.1. The standard InChI is InChI=1S/C47H53N5O11S/c1-25(2)23-48-38(53)26-13-15-29(32(19-26)40(55)59-12)30-22-36-33(37-27(24-60-36)17-18-64-37)21-31(30)39(54)49-28-14-16-34-35(20-28)51(42(56)61-45(3,4)5)41(50-34)52(43(57)62-46(6,7)8)44(58)63-47(9,10)11/h13-22,25H,23-24H2,1-12H3,(H,48,53)(H,49,54). The highest BCUT2D eigenvalue weighted by Gasteiger charge is 2.39. The fourth-order valence-corrected chi connectivity index (χ4v) is 7.49. The molecule has 3 aromatic carbocycles. The average molecular weight is 896 g/mol. The van der Waals surface area contributed by atoms with Gasteiger partial charge in [-0.3, -0.25) is 9.59 Å². The molecular formula is C47H53N5O11S. The van der Waals surface area contributed by atoms with Gasteiger partial charge in [0.05, 0.1) is 23.7 Å². The summed E-state index contributed by atoms with van der Waals surface area (Å²) in [6, 6.07) is 14.4. The summed E-state index contributed by atoms with van der Waals surface area (Å²) in [4.78, 5) is 88.9. The molecule has 0 fully saturated rings. The predicted octanol–water partition coefficient (Wildman–Crippen LogP) is 10.2. The molecule has 2 aromatic heterocycles. The van der Waals surface area contributed by atoms with Gasteiger partial charge in [0.25, 0.3) is 11.8 Å². The van der Waals surface area contributed by atoms with Crippen LogP contribution in [0.25, 0.3) is 32.6 Å². The molecule has 0 saturated heterocycles. The number of benzene rings is 3. The number of amides is 4. The predicted molar refractivity (Wildman–Crippen MR) is 242 cm³/mol. The van der Waals surface area contributed by atoms with E-state index in [0.717, 1.165) is 15.0 Å². The van der Waals surface area contributed by atoms with Crippen LogP contribution in [-0.2, 0) is 25.6 Å². The van der Waals surface area contributed by atoms with E-state index in [1.165, 1.54) is 42.7 Å². The summed E-state index contributed by atoms with van der Waals surface area (Å²) >= 11 is 1.49. The number of hydrogen-bond donors (Lipinski definition) is 2. The number of ether oxygens (including phenoxy) is 5. The second-order valence-corrected chi connectivity index (χ2v) is 19.4. The summed E-state index contributed by atoms with van der Waals surface area (Å²) in [5.74, 6) is -1.55. The molecule has 3 heterocycles. The van der Waals surface area contributed by atoms with E-state index in [9.17, 15) is 28.8 Å². The Morgan fingerprint density at radius 3 is 2.05 bits per heavy atom. The molecule has 5 aromatic rings. The number of anilines is 2. The number of carbonyl (C=O) groups is 6. The molecule has 16 nitrogen and oxygen atoms in total. The number of rotatable bonds is 8. The highest BCUT2D eigenvalue weighted by Crippen LogP contribution is 2.45. The molecule has 4 amide bonds. The minimum atomic E-state index is -1.16. The summed E-state index contributed by atoms with van der Waals surface area (Å²) in [5, 5.41) is 7.71. The van der Waals surface area contributed by atoms with Crippen molar-refractivity contribution in [1.82, 2.24) is 14.9 Å². The van der Waals surface area contributed by atoms with Crippen LogP contribution in [0.5, 0.6) is 5.75 Å². The molecule has 338 valence electrons. The van der Waals surface area contributed by atoms with Gasteiger partial charge in [0.1, 0.15) is 29.2 Å². The fourth-order valence-electron chi connectivity index (χ4n) is 6.56. The number of hydrogen-bond acceptors (Lipinski definition) is 13. The van der Waals surface area contributed by atoms with Crippen LogP contribution in [0.3, 0.4) is 0 Å². The number of nitrogens with one attached hydrogen (secondary N) is 2. The maximum Gasteiger partial charge on any atom is 0.427 e. The van der Waals surface area contributed by atoms with Gasteiger partial charge >= 0.3 is 24.2 Å². The number of nitrogens with zero attached hydrogens (tertiary/aromatic N) is 3. The van der Waals surface area contributed by atoms with E-state index in [4.69, 9.17) is 23.7 Å². The van der Waals surface area contributed by atoms with E-state index in [2.05, 4.69) is 15.6 Å². The Kier molecular flexibility index (Phi) is 13.0. The van der Waals surface area contributed by atoms with E-state index in [1.807, 2.05) is 25.3 Å². The zero-order valence-corrected chi connectivity index (χ0v) is 38.8. The number of thiophene rings is 1. The van der Waals surface area contributed by atoms with Gasteiger partial charge in [0.2, 0.25) is 5.95 Å². The van der Waals surface area contributed by atoms with Crippen LogP contribution in [0, 0.1) is 5.92 Å². The van der Waals surface area contributed by atoms with Gasteiger partial charge in [0.15, 0.2) is 0 Å². The van der Waals surface area contributed by atoms with Crippen molar-refractivity contribution >= 4 is 70.1 Å². The molecule has 0 unspecified atom stereocenters. The fraction of sp³-hybridized carbons (Fsp3) is 0.383. The van der Waals surface area contributed by atoms with Gasteiger partial charge in [-0.1, -0.05) is 19.9 Å². The second kappa shape index (κ2) is 17.8. The number of imide groups is 1. The van der Waals surface area contributed by atoms with Crippen molar-refractivity contribution < 1.29 is 52.5 Å². The number of esters is 1. The quantitative estimate of drug-likeness (QED) is 0.111. The Balaban J connectivity index is 1.50. The number of fused-ring (bicyclic) bond motifs is 4. The molecule has 0 atom stereocenters. The lowest BCUT2D eigenvalue weighted by Gasteiger charge is -2.28. The summed E-state index contributed by atoms with van der Waals surface area (Å²) in [5.41, 5.74) is -0.193.